The molecule has 0 aliphatic rings. The lowest BCUT2D eigenvalue weighted by atomic mass is 10.1. The van der Waals surface area contributed by atoms with Crippen LogP contribution in [-0.2, 0) is 6.42 Å². The first kappa shape index (κ1) is 13.1. The van der Waals surface area contributed by atoms with E-state index < -0.39 is 0 Å². The monoisotopic (exact) mass is 273 g/mol. The number of hydrogen-bond donors (Lipinski definition) is 1. The van der Waals surface area contributed by atoms with Crippen LogP contribution in [0.3, 0.4) is 0 Å². The lowest BCUT2D eigenvalue weighted by molar-refractivity contribution is 1.14. The number of nitrogens with zero attached hydrogens (tertiary/aromatic N) is 2. The summed E-state index contributed by atoms with van der Waals surface area (Å²) < 4.78 is 0. The van der Waals surface area contributed by atoms with Crippen LogP contribution in [0.4, 0.5) is 11.5 Å². The van der Waals surface area contributed by atoms with Crippen LogP contribution in [0, 0.1) is 12.3 Å². The van der Waals surface area contributed by atoms with Crippen molar-refractivity contribution < 1.29 is 0 Å². The quantitative estimate of drug-likeness (QED) is 0.735. The van der Waals surface area contributed by atoms with Gasteiger partial charge in [-0.2, -0.15) is 0 Å². The molecule has 0 unspecified atom stereocenters. The molecule has 0 spiro atoms. The largest absolute Gasteiger partial charge is 0.340 e. The lowest BCUT2D eigenvalue weighted by Gasteiger charge is -2.09. The van der Waals surface area contributed by atoms with Crippen LogP contribution in [0.2, 0.25) is 0 Å². The third-order valence-corrected chi connectivity index (χ3v) is 3.40. The molecule has 2 aromatic carbocycles. The van der Waals surface area contributed by atoms with Crippen molar-refractivity contribution in [3.05, 3.63) is 59.9 Å². The summed E-state index contributed by atoms with van der Waals surface area (Å²) in [6, 6.07) is 14.0. The third kappa shape index (κ3) is 2.70. The molecule has 0 radical (unpaired) electrons. The second-order valence-corrected chi connectivity index (χ2v) is 4.78. The third-order valence-electron chi connectivity index (χ3n) is 3.40. The summed E-state index contributed by atoms with van der Waals surface area (Å²) in [7, 11) is 0. The fourth-order valence-electron chi connectivity index (χ4n) is 2.25. The van der Waals surface area contributed by atoms with Crippen LogP contribution in [0.5, 0.6) is 0 Å². The van der Waals surface area contributed by atoms with Gasteiger partial charge in [-0.3, -0.25) is 0 Å². The topological polar surface area (TPSA) is 37.8 Å². The maximum atomic E-state index is 5.43. The summed E-state index contributed by atoms with van der Waals surface area (Å²) in [5.74, 6) is 3.42. The van der Waals surface area contributed by atoms with Crippen molar-refractivity contribution in [2.75, 3.05) is 5.32 Å². The van der Waals surface area contributed by atoms with Crippen molar-refractivity contribution in [1.29, 1.82) is 0 Å². The Kier molecular flexibility index (Phi) is 3.53. The highest BCUT2D eigenvalue weighted by Gasteiger charge is 2.05. The lowest BCUT2D eigenvalue weighted by Crippen LogP contribution is -1.96. The van der Waals surface area contributed by atoms with Gasteiger partial charge in [0.25, 0.3) is 0 Å². The van der Waals surface area contributed by atoms with E-state index in [2.05, 4.69) is 46.3 Å². The molecule has 0 fully saturated rings. The van der Waals surface area contributed by atoms with Crippen LogP contribution in [0.15, 0.2) is 48.8 Å². The number of aryl methyl sites for hydroxylation is 1. The minimum Gasteiger partial charge on any atom is -0.340 e. The van der Waals surface area contributed by atoms with E-state index in [1.807, 2.05) is 24.3 Å². The number of aromatic nitrogens is 2. The van der Waals surface area contributed by atoms with Crippen molar-refractivity contribution in [3.63, 3.8) is 0 Å². The fourth-order valence-corrected chi connectivity index (χ4v) is 2.25. The van der Waals surface area contributed by atoms with E-state index in [-0.39, 0.29) is 0 Å². The second kappa shape index (κ2) is 5.64. The number of rotatable bonds is 3. The first-order valence-electron chi connectivity index (χ1n) is 6.87. The number of hydrogen-bond acceptors (Lipinski definition) is 3. The molecule has 3 heteroatoms. The predicted octanol–water partition coefficient (Wildman–Crippen LogP) is 3.92. The minimum absolute atomic E-state index is 0.789. The molecule has 0 saturated heterocycles. The van der Waals surface area contributed by atoms with Gasteiger partial charge in [0.1, 0.15) is 12.1 Å². The SMILES string of the molecule is C#Cc1cccc(Nc2ncnc3cc(CC)ccc23)c1. The van der Waals surface area contributed by atoms with E-state index in [1.165, 1.54) is 5.56 Å². The first-order valence-corrected chi connectivity index (χ1v) is 6.87. The highest BCUT2D eigenvalue weighted by atomic mass is 15.0. The van der Waals surface area contributed by atoms with Gasteiger partial charge >= 0.3 is 0 Å². The number of anilines is 2. The average molecular weight is 273 g/mol. The Morgan fingerprint density at radius 2 is 2.05 bits per heavy atom. The van der Waals surface area contributed by atoms with Gasteiger partial charge in [-0.1, -0.05) is 25.0 Å². The van der Waals surface area contributed by atoms with Gasteiger partial charge < -0.3 is 5.32 Å². The summed E-state index contributed by atoms with van der Waals surface area (Å²) in [5, 5.41) is 4.31. The van der Waals surface area contributed by atoms with Crippen molar-refractivity contribution in [3.8, 4) is 12.3 Å². The van der Waals surface area contributed by atoms with Gasteiger partial charge in [0.05, 0.1) is 5.52 Å². The van der Waals surface area contributed by atoms with Crippen molar-refractivity contribution in [2.45, 2.75) is 13.3 Å². The van der Waals surface area contributed by atoms with E-state index in [4.69, 9.17) is 6.42 Å². The van der Waals surface area contributed by atoms with Gasteiger partial charge in [0.2, 0.25) is 0 Å². The molecule has 3 nitrogen and oxygen atoms in total. The molecule has 1 aromatic heterocycles. The minimum atomic E-state index is 0.789. The van der Waals surface area contributed by atoms with Crippen LogP contribution in [0.1, 0.15) is 18.1 Å². The van der Waals surface area contributed by atoms with Crippen LogP contribution in [-0.4, -0.2) is 9.97 Å². The summed E-state index contributed by atoms with van der Waals surface area (Å²) in [6.07, 6.45) is 8.00. The Labute approximate surface area is 124 Å². The summed E-state index contributed by atoms with van der Waals surface area (Å²) in [4.78, 5) is 8.68. The number of fused-ring (bicyclic) bond motifs is 1. The summed E-state index contributed by atoms with van der Waals surface area (Å²) in [6.45, 7) is 2.13. The van der Waals surface area contributed by atoms with Gasteiger partial charge in [-0.25, -0.2) is 9.97 Å². The average Bonchev–Trinajstić information content (AvgIpc) is 2.55. The van der Waals surface area contributed by atoms with Crippen LogP contribution >= 0.6 is 0 Å². The molecule has 0 atom stereocenters. The maximum absolute atomic E-state index is 5.43. The Balaban J connectivity index is 2.02. The standard InChI is InChI=1S/C18H15N3/c1-3-13-6-5-7-15(10-13)21-18-16-9-8-14(4-2)11-17(16)19-12-20-18/h1,5-12H,4H2,2H3,(H,19,20,21). The molecule has 0 saturated carbocycles. The molecular formula is C18H15N3. The van der Waals surface area contributed by atoms with E-state index in [9.17, 15) is 0 Å². The van der Waals surface area contributed by atoms with Crippen molar-refractivity contribution in [2.24, 2.45) is 0 Å². The normalized spacial score (nSPS) is 10.3. The van der Waals surface area contributed by atoms with Crippen molar-refractivity contribution >= 4 is 22.4 Å². The molecule has 0 aliphatic carbocycles. The van der Waals surface area contributed by atoms with E-state index >= 15 is 0 Å². The van der Waals surface area contributed by atoms with E-state index in [1.54, 1.807) is 6.33 Å². The summed E-state index contributed by atoms with van der Waals surface area (Å²) in [5.41, 5.74) is 3.97. The summed E-state index contributed by atoms with van der Waals surface area (Å²) >= 11 is 0. The number of terminal acetylenes is 1. The molecule has 1 heterocycles. The number of benzene rings is 2. The zero-order valence-corrected chi connectivity index (χ0v) is 11.8. The zero-order chi connectivity index (χ0) is 14.7. The number of nitrogens with one attached hydrogen (secondary N) is 1. The van der Waals surface area contributed by atoms with Gasteiger partial charge in [-0.05, 0) is 42.3 Å². The molecule has 3 aromatic rings. The fraction of sp³-hybridized carbons (Fsp3) is 0.111. The Hall–Kier alpha value is -2.86. The predicted molar refractivity (Wildman–Crippen MR) is 86.6 cm³/mol. The van der Waals surface area contributed by atoms with E-state index in [0.29, 0.717) is 0 Å². The van der Waals surface area contributed by atoms with Gasteiger partial charge in [0.15, 0.2) is 0 Å². The smallest absolute Gasteiger partial charge is 0.141 e. The zero-order valence-electron chi connectivity index (χ0n) is 11.8. The molecule has 21 heavy (non-hydrogen) atoms. The molecular weight excluding hydrogens is 258 g/mol. The second-order valence-electron chi connectivity index (χ2n) is 4.78. The Morgan fingerprint density at radius 3 is 2.86 bits per heavy atom. The highest BCUT2D eigenvalue weighted by Crippen LogP contribution is 2.24. The maximum Gasteiger partial charge on any atom is 0.141 e. The Bertz CT molecular complexity index is 831. The molecule has 102 valence electrons. The van der Waals surface area contributed by atoms with Crippen molar-refractivity contribution in [1.82, 2.24) is 9.97 Å². The van der Waals surface area contributed by atoms with Gasteiger partial charge in [0, 0.05) is 16.6 Å². The molecule has 0 aliphatic heterocycles. The van der Waals surface area contributed by atoms with E-state index in [0.717, 1.165) is 34.4 Å². The molecule has 1 N–H and O–H groups in total. The van der Waals surface area contributed by atoms with Crippen LogP contribution < -0.4 is 5.32 Å². The van der Waals surface area contributed by atoms with Crippen LogP contribution in [0.25, 0.3) is 10.9 Å². The molecule has 3 rings (SSSR count). The Morgan fingerprint density at radius 1 is 1.14 bits per heavy atom. The molecule has 0 amide bonds. The van der Waals surface area contributed by atoms with Gasteiger partial charge in [-0.15, -0.1) is 6.42 Å². The highest BCUT2D eigenvalue weighted by molar-refractivity contribution is 5.91. The first-order chi connectivity index (χ1) is 10.3. The molecule has 0 bridgehead atoms.